The monoisotopic (exact) mass is 363 g/mol. The largest absolute Gasteiger partial charge is 0.486 e. The smallest absolute Gasteiger partial charge is 0.143 e. The molecule has 0 amide bonds. The molecular formula is C15H16Cl3NOS. The summed E-state index contributed by atoms with van der Waals surface area (Å²) >= 11 is 19.8. The lowest BCUT2D eigenvalue weighted by atomic mass is 10.2. The van der Waals surface area contributed by atoms with Crippen molar-refractivity contribution in [3.05, 3.63) is 49.1 Å². The first-order chi connectivity index (χ1) is 9.95. The number of rotatable bonds is 6. The predicted molar refractivity (Wildman–Crippen MR) is 92.1 cm³/mol. The first kappa shape index (κ1) is 16.9. The van der Waals surface area contributed by atoms with Crippen molar-refractivity contribution >= 4 is 46.1 Å². The summed E-state index contributed by atoms with van der Waals surface area (Å²) < 4.78 is 6.62. The minimum Gasteiger partial charge on any atom is -0.486 e. The maximum atomic E-state index is 6.26. The molecule has 0 aliphatic heterocycles. The van der Waals surface area contributed by atoms with Gasteiger partial charge in [-0.25, -0.2) is 0 Å². The molecule has 0 atom stereocenters. The maximum Gasteiger partial charge on any atom is 0.143 e. The van der Waals surface area contributed by atoms with E-state index < -0.39 is 0 Å². The Morgan fingerprint density at radius 3 is 2.57 bits per heavy atom. The highest BCUT2D eigenvalue weighted by atomic mass is 35.5. The van der Waals surface area contributed by atoms with Gasteiger partial charge in [0.15, 0.2) is 0 Å². The minimum absolute atomic E-state index is 0.367. The number of thiophene rings is 1. The van der Waals surface area contributed by atoms with E-state index in [1.54, 1.807) is 6.07 Å². The average molecular weight is 365 g/mol. The second-order valence-electron chi connectivity index (χ2n) is 4.91. The van der Waals surface area contributed by atoms with Gasteiger partial charge in [-0.15, -0.1) is 11.3 Å². The lowest BCUT2D eigenvalue weighted by Gasteiger charge is -2.15. The van der Waals surface area contributed by atoms with Gasteiger partial charge in [0.25, 0.3) is 0 Å². The van der Waals surface area contributed by atoms with E-state index in [0.717, 1.165) is 14.8 Å². The molecule has 2 aromatic rings. The van der Waals surface area contributed by atoms with Crippen LogP contribution in [0.5, 0.6) is 5.75 Å². The van der Waals surface area contributed by atoms with Crippen molar-refractivity contribution in [3.8, 4) is 5.75 Å². The van der Waals surface area contributed by atoms with E-state index in [1.165, 1.54) is 11.3 Å². The Morgan fingerprint density at radius 1 is 1.19 bits per heavy atom. The van der Waals surface area contributed by atoms with Crippen LogP contribution >= 0.6 is 46.1 Å². The second kappa shape index (κ2) is 7.70. The number of benzene rings is 1. The number of nitrogens with one attached hydrogen (secondary N) is 1. The molecule has 2 rings (SSSR count). The Kier molecular flexibility index (Phi) is 6.20. The second-order valence-corrected chi connectivity index (χ2v) is 7.55. The molecule has 0 radical (unpaired) electrons. The predicted octanol–water partition coefficient (Wildman–Crippen LogP) is 5.79. The van der Waals surface area contributed by atoms with E-state index in [2.05, 4.69) is 19.2 Å². The van der Waals surface area contributed by atoms with E-state index in [1.807, 2.05) is 18.2 Å². The molecular weight excluding hydrogens is 349 g/mol. The van der Waals surface area contributed by atoms with Gasteiger partial charge in [-0.2, -0.15) is 0 Å². The zero-order valence-electron chi connectivity index (χ0n) is 11.8. The summed E-state index contributed by atoms with van der Waals surface area (Å²) in [5.41, 5.74) is 0.948. The van der Waals surface area contributed by atoms with Gasteiger partial charge in [-0.3, -0.25) is 0 Å². The van der Waals surface area contributed by atoms with E-state index >= 15 is 0 Å². The average Bonchev–Trinajstić information content (AvgIpc) is 2.80. The van der Waals surface area contributed by atoms with E-state index in [-0.39, 0.29) is 0 Å². The van der Waals surface area contributed by atoms with Crippen LogP contribution in [0.2, 0.25) is 14.4 Å². The van der Waals surface area contributed by atoms with Crippen molar-refractivity contribution in [2.75, 3.05) is 0 Å². The van der Waals surface area contributed by atoms with Crippen molar-refractivity contribution in [1.29, 1.82) is 0 Å². The third-order valence-electron chi connectivity index (χ3n) is 2.77. The van der Waals surface area contributed by atoms with Crippen LogP contribution < -0.4 is 10.1 Å². The summed E-state index contributed by atoms with van der Waals surface area (Å²) in [7, 11) is 0. The highest BCUT2D eigenvalue weighted by molar-refractivity contribution is 7.16. The molecule has 0 saturated carbocycles. The highest BCUT2D eigenvalue weighted by Gasteiger charge is 2.12. The van der Waals surface area contributed by atoms with Crippen molar-refractivity contribution in [2.45, 2.75) is 33.0 Å². The number of ether oxygens (including phenoxy) is 1. The summed E-state index contributed by atoms with van der Waals surface area (Å²) in [6.07, 6.45) is 0. The lowest BCUT2D eigenvalue weighted by Crippen LogP contribution is -2.22. The molecule has 0 saturated heterocycles. The third-order valence-corrected chi connectivity index (χ3v) is 4.48. The first-order valence-electron chi connectivity index (χ1n) is 6.54. The van der Waals surface area contributed by atoms with E-state index in [0.29, 0.717) is 35.0 Å². The molecule has 21 heavy (non-hydrogen) atoms. The molecule has 1 aromatic carbocycles. The fraction of sp³-hybridized carbons (Fsp3) is 0.333. The Morgan fingerprint density at radius 2 is 1.95 bits per heavy atom. The Hall–Kier alpha value is -0.450. The molecule has 0 aliphatic carbocycles. The van der Waals surface area contributed by atoms with Crippen LogP contribution in [0.1, 0.15) is 24.3 Å². The normalized spacial score (nSPS) is 11.1. The summed E-state index contributed by atoms with van der Waals surface area (Å²) in [4.78, 5) is 1.05. The van der Waals surface area contributed by atoms with Crippen molar-refractivity contribution in [3.63, 3.8) is 0 Å². The van der Waals surface area contributed by atoms with Gasteiger partial charge in [0.2, 0.25) is 0 Å². The van der Waals surface area contributed by atoms with E-state index in [4.69, 9.17) is 39.5 Å². The zero-order valence-corrected chi connectivity index (χ0v) is 14.8. The number of hydrogen-bond donors (Lipinski definition) is 1. The van der Waals surface area contributed by atoms with Crippen LogP contribution in [0.3, 0.4) is 0 Å². The molecule has 2 nitrogen and oxygen atoms in total. The Labute approximate surface area is 144 Å². The van der Waals surface area contributed by atoms with Crippen LogP contribution in [-0.2, 0) is 13.2 Å². The van der Waals surface area contributed by atoms with Crippen molar-refractivity contribution in [2.24, 2.45) is 0 Å². The SMILES string of the molecule is CC(C)NCc1cc(Cl)cc(Cl)c1OCc1ccc(Cl)s1. The molecule has 0 aliphatic rings. The van der Waals surface area contributed by atoms with Crippen LogP contribution in [0.15, 0.2) is 24.3 Å². The standard InChI is InChI=1S/C15H16Cl3NOS/c1-9(2)19-7-10-5-11(16)6-13(17)15(10)20-8-12-3-4-14(18)21-12/h3-6,9,19H,7-8H2,1-2H3. The first-order valence-corrected chi connectivity index (χ1v) is 8.49. The van der Waals surface area contributed by atoms with Crippen molar-refractivity contribution in [1.82, 2.24) is 5.32 Å². The molecule has 1 heterocycles. The fourth-order valence-electron chi connectivity index (χ4n) is 1.79. The van der Waals surface area contributed by atoms with E-state index in [9.17, 15) is 0 Å². The fourth-order valence-corrected chi connectivity index (χ4v) is 3.38. The molecule has 0 unspecified atom stereocenters. The molecule has 1 N–H and O–H groups in total. The van der Waals surface area contributed by atoms with Gasteiger partial charge >= 0.3 is 0 Å². The maximum absolute atomic E-state index is 6.26. The van der Waals surface area contributed by atoms with Crippen LogP contribution in [0.4, 0.5) is 0 Å². The third kappa shape index (κ3) is 5.04. The molecule has 0 fully saturated rings. The Balaban J connectivity index is 2.15. The quantitative estimate of drug-likeness (QED) is 0.701. The Bertz CT molecular complexity index is 613. The number of hydrogen-bond acceptors (Lipinski definition) is 3. The zero-order chi connectivity index (χ0) is 15.4. The van der Waals surface area contributed by atoms with Gasteiger partial charge in [0, 0.05) is 28.0 Å². The van der Waals surface area contributed by atoms with Gasteiger partial charge in [-0.1, -0.05) is 48.7 Å². The van der Waals surface area contributed by atoms with Gasteiger partial charge < -0.3 is 10.1 Å². The molecule has 114 valence electrons. The molecule has 0 bridgehead atoms. The van der Waals surface area contributed by atoms with Crippen LogP contribution in [0, 0.1) is 0 Å². The van der Waals surface area contributed by atoms with Crippen molar-refractivity contribution < 1.29 is 4.74 Å². The van der Waals surface area contributed by atoms with Crippen LogP contribution in [0.25, 0.3) is 0 Å². The summed E-state index contributed by atoms with van der Waals surface area (Å²) in [5.74, 6) is 0.665. The number of halogens is 3. The highest BCUT2D eigenvalue weighted by Crippen LogP contribution is 2.34. The molecule has 6 heteroatoms. The van der Waals surface area contributed by atoms with Gasteiger partial charge in [-0.05, 0) is 24.3 Å². The summed E-state index contributed by atoms with van der Waals surface area (Å²) in [6.45, 7) is 5.26. The minimum atomic E-state index is 0.367. The summed E-state index contributed by atoms with van der Waals surface area (Å²) in [6, 6.07) is 7.74. The topological polar surface area (TPSA) is 21.3 Å². The lowest BCUT2D eigenvalue weighted by molar-refractivity contribution is 0.305. The van der Waals surface area contributed by atoms with Gasteiger partial charge in [0.1, 0.15) is 12.4 Å². The molecule has 1 aromatic heterocycles. The van der Waals surface area contributed by atoms with Gasteiger partial charge in [0.05, 0.1) is 9.36 Å². The summed E-state index contributed by atoms with van der Waals surface area (Å²) in [5, 5.41) is 4.47. The molecule has 0 spiro atoms. The van der Waals surface area contributed by atoms with Crippen LogP contribution in [-0.4, -0.2) is 6.04 Å².